The van der Waals surface area contributed by atoms with Gasteiger partial charge in [0, 0.05) is 36.1 Å². The molecule has 0 saturated carbocycles. The van der Waals surface area contributed by atoms with Crippen molar-refractivity contribution < 1.29 is 17.7 Å². The van der Waals surface area contributed by atoms with Gasteiger partial charge in [0.15, 0.2) is 0 Å². The average molecular weight is 475 g/mol. The summed E-state index contributed by atoms with van der Waals surface area (Å²) in [5.41, 5.74) is 2.53. The van der Waals surface area contributed by atoms with Gasteiger partial charge in [0.25, 0.3) is 10.0 Å². The van der Waals surface area contributed by atoms with Gasteiger partial charge in [0.05, 0.1) is 5.92 Å². The topological polar surface area (TPSA) is 105 Å². The van der Waals surface area contributed by atoms with Crippen LogP contribution in [0.5, 0.6) is 0 Å². The number of piperidine rings is 1. The number of benzene rings is 1. The monoisotopic (exact) mass is 474 g/mol. The Morgan fingerprint density at radius 1 is 1.25 bits per heavy atom. The summed E-state index contributed by atoms with van der Waals surface area (Å²) in [5.74, 6) is 0.336. The van der Waals surface area contributed by atoms with Crippen LogP contribution >= 0.6 is 11.3 Å². The fourth-order valence-corrected chi connectivity index (χ4v) is 6.49. The van der Waals surface area contributed by atoms with Gasteiger partial charge in [-0.1, -0.05) is 31.1 Å². The molecule has 0 unspecified atom stereocenters. The van der Waals surface area contributed by atoms with Gasteiger partial charge in [-0.15, -0.1) is 11.3 Å². The van der Waals surface area contributed by atoms with Gasteiger partial charge >= 0.3 is 0 Å². The Morgan fingerprint density at radius 3 is 2.72 bits per heavy atom. The van der Waals surface area contributed by atoms with E-state index in [0.717, 1.165) is 23.4 Å². The number of sulfonamides is 1. The Morgan fingerprint density at radius 2 is 2.03 bits per heavy atom. The molecule has 1 N–H and O–H groups in total. The molecule has 2 aromatic heterocycles. The molecular weight excluding hydrogens is 448 g/mol. The van der Waals surface area contributed by atoms with Crippen molar-refractivity contribution in [1.29, 1.82) is 0 Å². The fraction of sp³-hybridized carbons (Fsp3) is 0.409. The summed E-state index contributed by atoms with van der Waals surface area (Å²) in [5, 5.41) is 8.55. The Hall–Kier alpha value is -2.56. The number of anilines is 1. The molecule has 1 amide bonds. The van der Waals surface area contributed by atoms with Crippen molar-refractivity contribution in [3.63, 3.8) is 0 Å². The minimum atomic E-state index is -3.71. The van der Waals surface area contributed by atoms with E-state index in [4.69, 9.17) is 4.52 Å². The van der Waals surface area contributed by atoms with E-state index in [1.807, 2.05) is 31.2 Å². The zero-order valence-electron chi connectivity index (χ0n) is 18.1. The molecule has 1 aromatic carbocycles. The van der Waals surface area contributed by atoms with Gasteiger partial charge in [0.2, 0.25) is 17.6 Å². The second kappa shape index (κ2) is 9.51. The molecule has 1 aliphatic rings. The predicted octanol–water partition coefficient (Wildman–Crippen LogP) is 3.96. The van der Waals surface area contributed by atoms with Gasteiger partial charge in [-0.2, -0.15) is 9.29 Å². The zero-order valence-corrected chi connectivity index (χ0v) is 19.7. The molecule has 0 aliphatic carbocycles. The maximum atomic E-state index is 13.2. The standard InChI is InChI=1S/C22H26N4O4S2/c1-3-15-7-9-18(10-8-15)23-22(27)16-6-5-11-26(13-16)32(28,29)20-12-17(14-31-20)21-24-19(4-2)30-25-21/h7-10,12,14,16H,3-6,11,13H2,1-2H3,(H,23,27)/t16-/m0/s1. The van der Waals surface area contributed by atoms with Gasteiger partial charge in [0.1, 0.15) is 4.21 Å². The zero-order chi connectivity index (χ0) is 22.7. The summed E-state index contributed by atoms with van der Waals surface area (Å²) in [4.78, 5) is 17.1. The van der Waals surface area contributed by atoms with Gasteiger partial charge in [-0.25, -0.2) is 8.42 Å². The molecule has 1 atom stereocenters. The summed E-state index contributed by atoms with van der Waals surface area (Å²) in [6.45, 7) is 4.54. The maximum Gasteiger partial charge on any atom is 0.252 e. The van der Waals surface area contributed by atoms with E-state index >= 15 is 0 Å². The van der Waals surface area contributed by atoms with Crippen molar-refractivity contribution in [2.75, 3.05) is 18.4 Å². The van der Waals surface area contributed by atoms with Crippen LogP contribution in [0.3, 0.4) is 0 Å². The summed E-state index contributed by atoms with van der Waals surface area (Å²) >= 11 is 1.13. The Bertz CT molecular complexity index is 1180. The van der Waals surface area contributed by atoms with Crippen LogP contribution < -0.4 is 5.32 Å². The van der Waals surface area contributed by atoms with Gasteiger partial charge in [-0.3, -0.25) is 4.79 Å². The predicted molar refractivity (Wildman–Crippen MR) is 123 cm³/mol. The number of nitrogens with one attached hydrogen (secondary N) is 1. The molecule has 0 spiro atoms. The average Bonchev–Trinajstić information content (AvgIpc) is 3.49. The highest BCUT2D eigenvalue weighted by molar-refractivity contribution is 7.91. The van der Waals surface area contributed by atoms with E-state index in [1.165, 1.54) is 9.87 Å². The second-order valence-corrected chi connectivity index (χ2v) is 10.8. The Kier molecular flexibility index (Phi) is 6.73. The van der Waals surface area contributed by atoms with Crippen LogP contribution in [-0.4, -0.2) is 41.9 Å². The van der Waals surface area contributed by atoms with E-state index < -0.39 is 15.9 Å². The molecule has 3 heterocycles. The molecule has 1 aliphatic heterocycles. The molecule has 10 heteroatoms. The third-order valence-corrected chi connectivity index (χ3v) is 8.86. The molecular formula is C22H26N4O4S2. The minimum absolute atomic E-state index is 0.153. The van der Waals surface area contributed by atoms with Crippen LogP contribution in [0.1, 0.15) is 38.1 Å². The first-order chi connectivity index (χ1) is 15.4. The van der Waals surface area contributed by atoms with Crippen LogP contribution in [0.15, 0.2) is 44.4 Å². The summed E-state index contributed by atoms with van der Waals surface area (Å²) < 4.78 is 33.2. The van der Waals surface area contributed by atoms with Crippen molar-refractivity contribution in [1.82, 2.24) is 14.4 Å². The van der Waals surface area contributed by atoms with Crippen molar-refractivity contribution in [3.05, 3.63) is 47.2 Å². The SMILES string of the molecule is CCc1ccc(NC(=O)[C@H]2CCCN(S(=O)(=O)c3cc(-c4noc(CC)n4)cs3)C2)cc1. The van der Waals surface area contributed by atoms with Crippen LogP contribution in [0.4, 0.5) is 5.69 Å². The Balaban J connectivity index is 1.45. The number of thiophene rings is 1. The number of aryl methyl sites for hydroxylation is 2. The molecule has 32 heavy (non-hydrogen) atoms. The van der Waals surface area contributed by atoms with Crippen molar-refractivity contribution in [3.8, 4) is 11.4 Å². The number of rotatable bonds is 7. The van der Waals surface area contributed by atoms with E-state index in [1.54, 1.807) is 11.4 Å². The highest BCUT2D eigenvalue weighted by Crippen LogP contribution is 2.31. The van der Waals surface area contributed by atoms with Crippen LogP contribution in [-0.2, 0) is 27.7 Å². The van der Waals surface area contributed by atoms with E-state index in [9.17, 15) is 13.2 Å². The first-order valence-corrected chi connectivity index (χ1v) is 13.0. The molecule has 0 radical (unpaired) electrons. The third kappa shape index (κ3) is 4.77. The molecule has 1 saturated heterocycles. The highest BCUT2D eigenvalue weighted by atomic mass is 32.2. The molecule has 8 nitrogen and oxygen atoms in total. The smallest absolute Gasteiger partial charge is 0.252 e. The van der Waals surface area contributed by atoms with Crippen LogP contribution in [0, 0.1) is 5.92 Å². The van der Waals surface area contributed by atoms with Gasteiger partial charge < -0.3 is 9.84 Å². The summed E-state index contributed by atoms with van der Waals surface area (Å²) in [7, 11) is -3.71. The quantitative estimate of drug-likeness (QED) is 0.556. The molecule has 170 valence electrons. The first kappa shape index (κ1) is 22.6. The lowest BCUT2D eigenvalue weighted by Gasteiger charge is -2.30. The lowest BCUT2D eigenvalue weighted by molar-refractivity contribution is -0.120. The third-order valence-electron chi connectivity index (χ3n) is 5.58. The first-order valence-electron chi connectivity index (χ1n) is 10.7. The second-order valence-electron chi connectivity index (χ2n) is 7.76. The van der Waals surface area contributed by atoms with Crippen LogP contribution in [0.25, 0.3) is 11.4 Å². The normalized spacial score (nSPS) is 17.4. The number of amides is 1. The largest absolute Gasteiger partial charge is 0.339 e. The molecule has 3 aromatic rings. The summed E-state index contributed by atoms with van der Waals surface area (Å²) in [6.07, 6.45) is 2.83. The highest BCUT2D eigenvalue weighted by Gasteiger charge is 2.34. The van der Waals surface area contributed by atoms with Crippen molar-refractivity contribution in [2.24, 2.45) is 5.92 Å². The lowest BCUT2D eigenvalue weighted by Crippen LogP contribution is -2.43. The molecule has 4 rings (SSSR count). The summed E-state index contributed by atoms with van der Waals surface area (Å²) in [6, 6.07) is 9.29. The number of hydrogen-bond acceptors (Lipinski definition) is 7. The minimum Gasteiger partial charge on any atom is -0.339 e. The van der Waals surface area contributed by atoms with Crippen molar-refractivity contribution in [2.45, 2.75) is 43.7 Å². The van der Waals surface area contributed by atoms with Crippen LogP contribution in [0.2, 0.25) is 0 Å². The Labute approximate surface area is 191 Å². The number of hydrogen-bond donors (Lipinski definition) is 1. The van der Waals surface area contributed by atoms with Gasteiger partial charge in [-0.05, 0) is 43.0 Å². The van der Waals surface area contributed by atoms with E-state index in [-0.39, 0.29) is 16.7 Å². The lowest BCUT2D eigenvalue weighted by atomic mass is 9.98. The van der Waals surface area contributed by atoms with E-state index in [0.29, 0.717) is 43.1 Å². The number of carbonyl (C=O) groups excluding carboxylic acids is 1. The molecule has 1 fully saturated rings. The number of aromatic nitrogens is 2. The number of nitrogens with zero attached hydrogens (tertiary/aromatic N) is 3. The number of carbonyl (C=O) groups is 1. The fourth-order valence-electron chi connectivity index (χ4n) is 3.65. The molecule has 0 bridgehead atoms. The maximum absolute atomic E-state index is 13.2. The van der Waals surface area contributed by atoms with Crippen molar-refractivity contribution >= 4 is 33.0 Å². The van der Waals surface area contributed by atoms with E-state index in [2.05, 4.69) is 22.4 Å².